The van der Waals surface area contributed by atoms with Crippen LogP contribution in [0.1, 0.15) is 5.56 Å². The number of carbonyl (C=O) groups excluding carboxylic acids is 1. The molecule has 0 radical (unpaired) electrons. The number of nitrogen functional groups attached to an aromatic ring is 1. The Balaban J connectivity index is 1.81. The number of hydrogen-bond acceptors (Lipinski definition) is 8. The van der Waals surface area contributed by atoms with E-state index in [2.05, 4.69) is 21.5 Å². The van der Waals surface area contributed by atoms with Crippen molar-refractivity contribution in [3.63, 3.8) is 0 Å². The Labute approximate surface area is 202 Å². The number of hydrogen-bond donors (Lipinski definition) is 3. The van der Waals surface area contributed by atoms with Crippen LogP contribution in [0.15, 0.2) is 29.6 Å². The lowest BCUT2D eigenvalue weighted by molar-refractivity contribution is -0.126. The molecule has 0 unspecified atom stereocenters. The van der Waals surface area contributed by atoms with E-state index in [1.54, 1.807) is 4.90 Å². The maximum absolute atomic E-state index is 14.2. The van der Waals surface area contributed by atoms with Gasteiger partial charge in [-0.15, -0.1) is 0 Å². The predicted molar refractivity (Wildman–Crippen MR) is 128 cm³/mol. The number of H-pyrrole nitrogens is 1. The van der Waals surface area contributed by atoms with Crippen LogP contribution < -0.4 is 21.1 Å². The number of amides is 1. The molecule has 2 aromatic heterocycles. The van der Waals surface area contributed by atoms with Crippen molar-refractivity contribution in [3.8, 4) is 11.6 Å². The zero-order valence-electron chi connectivity index (χ0n) is 17.6. The van der Waals surface area contributed by atoms with Gasteiger partial charge >= 0.3 is 5.69 Å². The molecular formula is C21H18Cl2FN7O3. The minimum absolute atomic E-state index is 0.00923. The van der Waals surface area contributed by atoms with Crippen LogP contribution in [0.4, 0.5) is 15.9 Å². The van der Waals surface area contributed by atoms with Crippen LogP contribution >= 0.6 is 23.2 Å². The molecule has 1 aliphatic rings. The number of ether oxygens (including phenoxy) is 1. The molecular weight excluding hydrogens is 488 g/mol. The van der Waals surface area contributed by atoms with E-state index in [0.717, 1.165) is 12.3 Å². The summed E-state index contributed by atoms with van der Waals surface area (Å²) in [5.41, 5.74) is 5.22. The van der Waals surface area contributed by atoms with Gasteiger partial charge in [-0.3, -0.25) is 4.79 Å². The summed E-state index contributed by atoms with van der Waals surface area (Å²) in [6.07, 6.45) is 2.11. The van der Waals surface area contributed by atoms with Crippen molar-refractivity contribution in [2.75, 3.05) is 36.8 Å². The maximum atomic E-state index is 14.2. The molecule has 4 N–H and O–H groups in total. The molecule has 1 aliphatic heterocycles. The van der Waals surface area contributed by atoms with E-state index in [1.807, 2.05) is 4.90 Å². The predicted octanol–water partition coefficient (Wildman–Crippen LogP) is 2.97. The second-order valence-electron chi connectivity index (χ2n) is 7.31. The minimum Gasteiger partial charge on any atom is -0.435 e. The first-order valence-electron chi connectivity index (χ1n) is 9.96. The van der Waals surface area contributed by atoms with Crippen molar-refractivity contribution in [2.45, 2.75) is 0 Å². The Morgan fingerprint density at radius 3 is 2.62 bits per heavy atom. The van der Waals surface area contributed by atoms with E-state index in [0.29, 0.717) is 37.4 Å². The highest BCUT2D eigenvalue weighted by Crippen LogP contribution is 2.39. The highest BCUT2D eigenvalue weighted by Gasteiger charge is 2.25. The lowest BCUT2D eigenvalue weighted by Gasteiger charge is -2.35. The smallest absolute Gasteiger partial charge is 0.347 e. The summed E-state index contributed by atoms with van der Waals surface area (Å²) in [7, 11) is 0. The summed E-state index contributed by atoms with van der Waals surface area (Å²) in [6.45, 7) is 5.13. The van der Waals surface area contributed by atoms with Crippen molar-refractivity contribution in [2.24, 2.45) is 0 Å². The molecule has 0 bridgehead atoms. The third-order valence-electron chi connectivity index (χ3n) is 5.29. The molecule has 0 spiro atoms. The van der Waals surface area contributed by atoms with Gasteiger partial charge in [-0.2, -0.15) is 9.97 Å². The fourth-order valence-electron chi connectivity index (χ4n) is 3.64. The Kier molecular flexibility index (Phi) is 6.40. The minimum atomic E-state index is -0.853. The third kappa shape index (κ3) is 4.27. The molecule has 0 saturated carbocycles. The SMILES string of the molecule is C=CC(=O)N1CCN(c2nc(=O)[nH]c3c(Oc4c(Cl)c(F)cc(N)c4C=N)nc(Cl)cc23)CC1. The summed E-state index contributed by atoms with van der Waals surface area (Å²) in [4.78, 5) is 38.5. The Morgan fingerprint density at radius 1 is 1.26 bits per heavy atom. The number of carbonyl (C=O) groups is 1. The van der Waals surface area contributed by atoms with Gasteiger partial charge in [0, 0.05) is 43.5 Å². The number of piperazine rings is 1. The summed E-state index contributed by atoms with van der Waals surface area (Å²) >= 11 is 12.3. The average Bonchev–Trinajstić information content (AvgIpc) is 2.82. The van der Waals surface area contributed by atoms with Gasteiger partial charge in [0.1, 0.15) is 27.3 Å². The van der Waals surface area contributed by atoms with Gasteiger partial charge in [-0.05, 0) is 18.2 Å². The highest BCUT2D eigenvalue weighted by atomic mass is 35.5. The molecule has 1 amide bonds. The molecule has 10 nitrogen and oxygen atoms in total. The van der Waals surface area contributed by atoms with Crippen molar-refractivity contribution in [1.29, 1.82) is 5.41 Å². The number of pyridine rings is 1. The number of fused-ring (bicyclic) bond motifs is 1. The number of anilines is 2. The number of nitrogens with two attached hydrogens (primary N) is 1. The topological polar surface area (TPSA) is 141 Å². The second kappa shape index (κ2) is 9.27. The second-order valence-corrected chi connectivity index (χ2v) is 8.07. The van der Waals surface area contributed by atoms with Gasteiger partial charge in [-0.25, -0.2) is 9.18 Å². The molecule has 1 aromatic carbocycles. The number of halogens is 3. The van der Waals surface area contributed by atoms with E-state index in [-0.39, 0.29) is 39.5 Å². The van der Waals surface area contributed by atoms with Crippen LogP contribution in [0.5, 0.6) is 11.6 Å². The summed E-state index contributed by atoms with van der Waals surface area (Å²) in [5, 5.41) is 7.61. The first-order valence-corrected chi connectivity index (χ1v) is 10.7. The van der Waals surface area contributed by atoms with Crippen molar-refractivity contribution in [3.05, 3.63) is 56.8 Å². The summed E-state index contributed by atoms with van der Waals surface area (Å²) in [5.74, 6) is -1.15. The normalized spacial score (nSPS) is 13.7. The number of nitrogens with zero attached hydrogens (tertiary/aromatic N) is 4. The standard InChI is InChI=1S/C21H18Cl2FN7O3/c1-2-15(32)30-3-5-31(6-4-30)19-10-7-14(22)27-20(17(10)28-21(33)29-19)34-18-11(9-25)13(26)8-12(24)16(18)23/h2,7-9,25H,1,3-6,26H2,(H,28,29,33). The van der Waals surface area contributed by atoms with Crippen LogP contribution in [0.3, 0.4) is 0 Å². The van der Waals surface area contributed by atoms with Crippen molar-refractivity contribution < 1.29 is 13.9 Å². The van der Waals surface area contributed by atoms with E-state index < -0.39 is 16.5 Å². The van der Waals surface area contributed by atoms with Gasteiger partial charge in [0.05, 0.1) is 5.56 Å². The zero-order chi connectivity index (χ0) is 24.6. The quantitative estimate of drug-likeness (QED) is 0.209. The maximum Gasteiger partial charge on any atom is 0.347 e. The molecule has 13 heteroatoms. The number of nitrogens with one attached hydrogen (secondary N) is 2. The third-order valence-corrected chi connectivity index (χ3v) is 5.84. The van der Waals surface area contributed by atoms with E-state index in [4.69, 9.17) is 39.1 Å². The van der Waals surface area contributed by atoms with Crippen LogP contribution in [-0.2, 0) is 4.79 Å². The van der Waals surface area contributed by atoms with Crippen LogP contribution in [0.25, 0.3) is 10.9 Å². The largest absolute Gasteiger partial charge is 0.435 e. The Morgan fingerprint density at radius 2 is 1.97 bits per heavy atom. The average molecular weight is 506 g/mol. The molecule has 176 valence electrons. The van der Waals surface area contributed by atoms with Crippen molar-refractivity contribution >= 4 is 57.7 Å². The molecule has 0 atom stereocenters. The fraction of sp³-hybridized carbons (Fsp3) is 0.190. The molecule has 4 rings (SSSR count). The molecule has 3 heterocycles. The molecule has 0 aliphatic carbocycles. The van der Waals surface area contributed by atoms with Gasteiger partial charge in [0.2, 0.25) is 11.8 Å². The monoisotopic (exact) mass is 505 g/mol. The van der Waals surface area contributed by atoms with E-state index in [9.17, 15) is 14.0 Å². The zero-order valence-corrected chi connectivity index (χ0v) is 19.1. The number of rotatable bonds is 5. The molecule has 1 saturated heterocycles. The van der Waals surface area contributed by atoms with Gasteiger partial charge in [0.15, 0.2) is 5.75 Å². The fourth-order valence-corrected chi connectivity index (χ4v) is 4.02. The molecule has 34 heavy (non-hydrogen) atoms. The first kappa shape index (κ1) is 23.5. The van der Waals surface area contributed by atoms with E-state index >= 15 is 0 Å². The Bertz CT molecular complexity index is 1390. The summed E-state index contributed by atoms with van der Waals surface area (Å²) < 4.78 is 20.0. The van der Waals surface area contributed by atoms with Gasteiger partial charge < -0.3 is 30.7 Å². The molecule has 1 fully saturated rings. The van der Waals surface area contributed by atoms with Crippen LogP contribution in [0, 0.1) is 11.2 Å². The van der Waals surface area contributed by atoms with E-state index in [1.165, 1.54) is 12.1 Å². The molecule has 3 aromatic rings. The lowest BCUT2D eigenvalue weighted by atomic mass is 10.1. The lowest BCUT2D eigenvalue weighted by Crippen LogP contribution is -2.49. The Hall–Kier alpha value is -3.70. The number of aromatic nitrogens is 3. The highest BCUT2D eigenvalue weighted by molar-refractivity contribution is 6.33. The number of aromatic amines is 1. The van der Waals surface area contributed by atoms with Gasteiger partial charge in [-0.1, -0.05) is 29.8 Å². The van der Waals surface area contributed by atoms with Crippen molar-refractivity contribution in [1.82, 2.24) is 19.9 Å². The van der Waals surface area contributed by atoms with Crippen LogP contribution in [0.2, 0.25) is 10.2 Å². The number of benzene rings is 1. The first-order chi connectivity index (χ1) is 16.2. The van der Waals surface area contributed by atoms with Crippen LogP contribution in [-0.4, -0.2) is 58.2 Å². The summed E-state index contributed by atoms with van der Waals surface area (Å²) in [6, 6.07) is 2.47. The van der Waals surface area contributed by atoms with Gasteiger partial charge in [0.25, 0.3) is 0 Å².